The number of hydrogen-bond acceptors (Lipinski definition) is 1. The molecule has 0 aliphatic carbocycles. The highest BCUT2D eigenvalue weighted by Crippen LogP contribution is 2.29. The second-order valence-corrected chi connectivity index (χ2v) is 4.82. The predicted molar refractivity (Wildman–Crippen MR) is 75.9 cm³/mol. The third kappa shape index (κ3) is 2.96. The number of halogens is 3. The molecule has 5 heteroatoms. The monoisotopic (exact) mass is 299 g/mol. The van der Waals surface area contributed by atoms with Crippen molar-refractivity contribution in [3.63, 3.8) is 0 Å². The number of amides is 1. The largest absolute Gasteiger partial charge is 0.322 e. The molecule has 92 valence electrons. The van der Waals surface area contributed by atoms with E-state index in [0.29, 0.717) is 10.7 Å². The van der Waals surface area contributed by atoms with Gasteiger partial charge in [-0.25, -0.2) is 0 Å². The molecule has 0 heterocycles. The minimum absolute atomic E-state index is 0.214. The van der Waals surface area contributed by atoms with Crippen LogP contribution < -0.4 is 5.32 Å². The summed E-state index contributed by atoms with van der Waals surface area (Å²) in [5.74, 6) is -0.368. The highest BCUT2D eigenvalue weighted by Gasteiger charge is 2.15. The maximum Gasteiger partial charge on any atom is 0.258 e. The maximum absolute atomic E-state index is 12.0. The molecule has 0 bridgehead atoms. The number of carbonyl (C=O) groups excluding carboxylic acids is 1. The SMILES string of the molecule is O=C(Nc1ccccc1)c1c(Cl)cc(Cl)cc1Cl. The zero-order valence-corrected chi connectivity index (χ0v) is 11.4. The van der Waals surface area contributed by atoms with Gasteiger partial charge in [-0.1, -0.05) is 53.0 Å². The molecule has 0 spiro atoms. The second-order valence-electron chi connectivity index (χ2n) is 3.56. The third-order valence-corrected chi connectivity index (χ3v) is 3.08. The lowest BCUT2D eigenvalue weighted by Crippen LogP contribution is -2.13. The van der Waals surface area contributed by atoms with Crippen LogP contribution >= 0.6 is 34.8 Å². The topological polar surface area (TPSA) is 29.1 Å². The summed E-state index contributed by atoms with van der Waals surface area (Å²) >= 11 is 17.7. The highest BCUT2D eigenvalue weighted by molar-refractivity contribution is 6.42. The summed E-state index contributed by atoms with van der Waals surface area (Å²) in [6.45, 7) is 0. The lowest BCUT2D eigenvalue weighted by molar-refractivity contribution is 0.102. The number of rotatable bonds is 2. The van der Waals surface area contributed by atoms with Gasteiger partial charge in [0.1, 0.15) is 0 Å². The van der Waals surface area contributed by atoms with Gasteiger partial charge in [-0.05, 0) is 24.3 Å². The lowest BCUT2D eigenvalue weighted by Gasteiger charge is -2.08. The number of carbonyl (C=O) groups is 1. The number of benzene rings is 2. The van der Waals surface area contributed by atoms with E-state index in [1.54, 1.807) is 12.1 Å². The second kappa shape index (κ2) is 5.61. The Balaban J connectivity index is 2.30. The number of hydrogen-bond donors (Lipinski definition) is 1. The highest BCUT2D eigenvalue weighted by atomic mass is 35.5. The molecule has 0 aromatic heterocycles. The Labute approximate surface area is 119 Å². The van der Waals surface area contributed by atoms with Gasteiger partial charge in [0.25, 0.3) is 5.91 Å². The van der Waals surface area contributed by atoms with Crippen LogP contribution in [0.3, 0.4) is 0 Å². The summed E-state index contributed by atoms with van der Waals surface area (Å²) in [5.41, 5.74) is 0.885. The summed E-state index contributed by atoms with van der Waals surface area (Å²) in [7, 11) is 0. The van der Waals surface area contributed by atoms with Crippen molar-refractivity contribution in [3.05, 3.63) is 63.1 Å². The maximum atomic E-state index is 12.0. The van der Waals surface area contributed by atoms with Crippen LogP contribution in [0.4, 0.5) is 5.69 Å². The average Bonchev–Trinajstić information content (AvgIpc) is 2.28. The molecule has 0 atom stereocenters. The fourth-order valence-electron chi connectivity index (χ4n) is 1.47. The van der Waals surface area contributed by atoms with Gasteiger partial charge in [0.05, 0.1) is 15.6 Å². The molecule has 0 saturated carbocycles. The molecular weight excluding hydrogens is 293 g/mol. The molecule has 0 unspecified atom stereocenters. The zero-order valence-electron chi connectivity index (χ0n) is 9.08. The summed E-state index contributed by atoms with van der Waals surface area (Å²) in [4.78, 5) is 12.0. The fourth-order valence-corrected chi connectivity index (χ4v) is 2.46. The Hall–Kier alpha value is -1.22. The van der Waals surface area contributed by atoms with Gasteiger partial charge in [0.2, 0.25) is 0 Å². The standard InChI is InChI=1S/C13H8Cl3NO/c14-8-6-10(15)12(11(16)7-8)13(18)17-9-4-2-1-3-5-9/h1-7H,(H,17,18). The smallest absolute Gasteiger partial charge is 0.258 e. The Bertz CT molecular complexity index is 561. The first kappa shape index (κ1) is 13.2. The van der Waals surface area contributed by atoms with Crippen molar-refractivity contribution in [2.75, 3.05) is 5.32 Å². The number of anilines is 1. The van der Waals surface area contributed by atoms with Crippen LogP contribution in [0, 0.1) is 0 Å². The van der Waals surface area contributed by atoms with Crippen molar-refractivity contribution in [2.24, 2.45) is 0 Å². The van der Waals surface area contributed by atoms with Crippen LogP contribution in [0.15, 0.2) is 42.5 Å². The van der Waals surface area contributed by atoms with E-state index in [4.69, 9.17) is 34.8 Å². The molecular formula is C13H8Cl3NO. The normalized spacial score (nSPS) is 10.2. The van der Waals surface area contributed by atoms with Crippen molar-refractivity contribution in [1.82, 2.24) is 0 Å². The molecule has 2 aromatic carbocycles. The van der Waals surface area contributed by atoms with E-state index in [1.807, 2.05) is 18.2 Å². The predicted octanol–water partition coefficient (Wildman–Crippen LogP) is 4.90. The van der Waals surface area contributed by atoms with E-state index >= 15 is 0 Å². The molecule has 0 radical (unpaired) electrons. The molecule has 0 fully saturated rings. The number of nitrogens with one attached hydrogen (secondary N) is 1. The van der Waals surface area contributed by atoms with E-state index < -0.39 is 0 Å². The van der Waals surface area contributed by atoms with Crippen molar-refractivity contribution in [3.8, 4) is 0 Å². The van der Waals surface area contributed by atoms with Crippen LogP contribution in [0.1, 0.15) is 10.4 Å². The van der Waals surface area contributed by atoms with Gasteiger partial charge in [-0.15, -0.1) is 0 Å². The van der Waals surface area contributed by atoms with Crippen LogP contribution in [-0.2, 0) is 0 Å². The molecule has 2 nitrogen and oxygen atoms in total. The first-order valence-electron chi connectivity index (χ1n) is 5.09. The van der Waals surface area contributed by atoms with Gasteiger partial charge < -0.3 is 5.32 Å². The molecule has 0 aliphatic heterocycles. The van der Waals surface area contributed by atoms with Crippen molar-refractivity contribution >= 4 is 46.4 Å². The summed E-state index contributed by atoms with van der Waals surface area (Å²) in [5, 5.41) is 3.54. The fraction of sp³-hybridized carbons (Fsp3) is 0. The average molecular weight is 301 g/mol. The van der Waals surface area contributed by atoms with Crippen LogP contribution in [0.5, 0.6) is 0 Å². The van der Waals surface area contributed by atoms with Gasteiger partial charge in [-0.3, -0.25) is 4.79 Å². The van der Waals surface area contributed by atoms with Gasteiger partial charge in [0.15, 0.2) is 0 Å². The van der Waals surface area contributed by atoms with Crippen LogP contribution in [0.2, 0.25) is 15.1 Å². The Morgan fingerprint density at radius 1 is 0.944 bits per heavy atom. The van der Waals surface area contributed by atoms with E-state index in [-0.39, 0.29) is 21.5 Å². The minimum Gasteiger partial charge on any atom is -0.322 e. The Morgan fingerprint density at radius 3 is 2.06 bits per heavy atom. The number of para-hydroxylation sites is 1. The van der Waals surface area contributed by atoms with Gasteiger partial charge >= 0.3 is 0 Å². The summed E-state index contributed by atoms with van der Waals surface area (Å²) in [6, 6.07) is 12.0. The van der Waals surface area contributed by atoms with Crippen molar-refractivity contribution in [1.29, 1.82) is 0 Å². The van der Waals surface area contributed by atoms with Crippen LogP contribution in [0.25, 0.3) is 0 Å². The zero-order chi connectivity index (χ0) is 13.1. The molecule has 2 rings (SSSR count). The first-order valence-corrected chi connectivity index (χ1v) is 6.22. The van der Waals surface area contributed by atoms with E-state index in [9.17, 15) is 4.79 Å². The van der Waals surface area contributed by atoms with Gasteiger partial charge in [-0.2, -0.15) is 0 Å². The molecule has 0 aliphatic rings. The Morgan fingerprint density at radius 2 is 1.50 bits per heavy atom. The van der Waals surface area contributed by atoms with Crippen molar-refractivity contribution in [2.45, 2.75) is 0 Å². The minimum atomic E-state index is -0.368. The van der Waals surface area contributed by atoms with E-state index in [2.05, 4.69) is 5.32 Å². The molecule has 1 amide bonds. The molecule has 1 N–H and O–H groups in total. The third-order valence-electron chi connectivity index (χ3n) is 2.27. The molecule has 0 saturated heterocycles. The first-order chi connectivity index (χ1) is 8.58. The quantitative estimate of drug-likeness (QED) is 0.840. The lowest BCUT2D eigenvalue weighted by atomic mass is 10.2. The molecule has 18 heavy (non-hydrogen) atoms. The summed E-state index contributed by atoms with van der Waals surface area (Å²) < 4.78 is 0. The van der Waals surface area contributed by atoms with Crippen molar-refractivity contribution < 1.29 is 4.79 Å². The van der Waals surface area contributed by atoms with Crippen LogP contribution in [-0.4, -0.2) is 5.91 Å². The molecule has 2 aromatic rings. The van der Waals surface area contributed by atoms with E-state index in [0.717, 1.165) is 0 Å². The van der Waals surface area contributed by atoms with Gasteiger partial charge in [0, 0.05) is 10.7 Å². The van der Waals surface area contributed by atoms with E-state index in [1.165, 1.54) is 12.1 Å². The summed E-state index contributed by atoms with van der Waals surface area (Å²) in [6.07, 6.45) is 0. The Kier molecular flexibility index (Phi) is 4.12.